The second kappa shape index (κ2) is 12.4. The Hall–Kier alpha value is -4.05. The molecule has 5 rings (SSSR count). The van der Waals surface area contributed by atoms with E-state index >= 15 is 0 Å². The molecule has 3 aromatic carbocycles. The number of carbonyl (C=O) groups excluding carboxylic acids is 1. The smallest absolute Gasteiger partial charge is 0.258 e. The van der Waals surface area contributed by atoms with Crippen molar-refractivity contribution in [2.75, 3.05) is 55.9 Å². The zero-order chi connectivity index (χ0) is 28.1. The molecule has 0 aliphatic carbocycles. The van der Waals surface area contributed by atoms with Gasteiger partial charge < -0.3 is 29.9 Å². The number of rotatable bonds is 8. The van der Waals surface area contributed by atoms with Crippen molar-refractivity contribution in [2.24, 2.45) is 0 Å². The van der Waals surface area contributed by atoms with Crippen LogP contribution in [0.2, 0.25) is 10.0 Å². The summed E-state index contributed by atoms with van der Waals surface area (Å²) in [6.45, 7) is 4.05. The predicted octanol–water partition coefficient (Wildman–Crippen LogP) is 6.33. The van der Waals surface area contributed by atoms with Crippen LogP contribution < -0.4 is 25.0 Å². The summed E-state index contributed by atoms with van der Waals surface area (Å²) in [4.78, 5) is 26.7. The van der Waals surface area contributed by atoms with Crippen molar-refractivity contribution in [3.63, 3.8) is 0 Å². The molecule has 9 nitrogen and oxygen atoms in total. The number of hydrogen-bond acceptors (Lipinski definition) is 8. The molecule has 206 valence electrons. The van der Waals surface area contributed by atoms with Crippen LogP contribution in [0.3, 0.4) is 0 Å². The molecule has 2 heterocycles. The van der Waals surface area contributed by atoms with Gasteiger partial charge in [0.25, 0.3) is 5.91 Å². The van der Waals surface area contributed by atoms with E-state index in [4.69, 9.17) is 32.7 Å². The monoisotopic (exact) mass is 578 g/mol. The number of carbonyl (C=O) groups is 1. The van der Waals surface area contributed by atoms with E-state index < -0.39 is 5.91 Å². The SMILES string of the molecule is COc1ccccc1Oc1nc(Nc2ccc(N3CCN(C)CC3)cc2)ncc1NC(=O)c1c(Cl)cccc1Cl. The molecule has 0 spiro atoms. The van der Waals surface area contributed by atoms with Gasteiger partial charge in [-0.15, -0.1) is 0 Å². The molecule has 1 amide bonds. The fraction of sp³-hybridized carbons (Fsp3) is 0.207. The molecule has 0 saturated carbocycles. The second-order valence-corrected chi connectivity index (χ2v) is 9.99. The quantitative estimate of drug-likeness (QED) is 0.250. The highest BCUT2D eigenvalue weighted by atomic mass is 35.5. The minimum atomic E-state index is -0.524. The lowest BCUT2D eigenvalue weighted by Gasteiger charge is -2.34. The molecule has 4 aromatic rings. The van der Waals surface area contributed by atoms with Crippen LogP contribution in [0, 0.1) is 0 Å². The highest BCUT2D eigenvalue weighted by molar-refractivity contribution is 6.40. The minimum Gasteiger partial charge on any atom is -0.493 e. The molecule has 0 atom stereocenters. The molecule has 40 heavy (non-hydrogen) atoms. The van der Waals surface area contributed by atoms with E-state index in [1.165, 1.54) is 6.20 Å². The molecular weight excluding hydrogens is 551 g/mol. The maximum absolute atomic E-state index is 13.1. The molecule has 0 radical (unpaired) electrons. The first-order chi connectivity index (χ1) is 19.4. The first kappa shape index (κ1) is 27.5. The van der Waals surface area contributed by atoms with Gasteiger partial charge in [-0.25, -0.2) is 4.98 Å². The average molecular weight is 579 g/mol. The predicted molar refractivity (Wildman–Crippen MR) is 159 cm³/mol. The summed E-state index contributed by atoms with van der Waals surface area (Å²) < 4.78 is 11.5. The lowest BCUT2D eigenvalue weighted by atomic mass is 10.2. The lowest BCUT2D eigenvalue weighted by Crippen LogP contribution is -2.44. The van der Waals surface area contributed by atoms with E-state index in [2.05, 4.69) is 49.6 Å². The van der Waals surface area contributed by atoms with Crippen molar-refractivity contribution < 1.29 is 14.3 Å². The lowest BCUT2D eigenvalue weighted by molar-refractivity contribution is 0.102. The van der Waals surface area contributed by atoms with E-state index in [1.807, 2.05) is 24.3 Å². The number of likely N-dealkylation sites (N-methyl/N-ethyl adjacent to an activating group) is 1. The number of methoxy groups -OCH3 is 1. The van der Waals surface area contributed by atoms with Crippen LogP contribution in [-0.2, 0) is 0 Å². The number of halogens is 2. The molecule has 0 bridgehead atoms. The Morgan fingerprint density at radius 1 is 0.900 bits per heavy atom. The normalized spacial score (nSPS) is 13.6. The van der Waals surface area contributed by atoms with Crippen LogP contribution in [-0.4, -0.2) is 61.1 Å². The van der Waals surface area contributed by atoms with Crippen molar-refractivity contribution in [1.29, 1.82) is 0 Å². The van der Waals surface area contributed by atoms with Crippen molar-refractivity contribution in [3.8, 4) is 17.4 Å². The van der Waals surface area contributed by atoms with Crippen LogP contribution in [0.25, 0.3) is 0 Å². The molecule has 1 fully saturated rings. The number of hydrogen-bond donors (Lipinski definition) is 2. The van der Waals surface area contributed by atoms with Gasteiger partial charge >= 0.3 is 0 Å². The first-order valence-corrected chi connectivity index (χ1v) is 13.4. The Balaban J connectivity index is 1.40. The summed E-state index contributed by atoms with van der Waals surface area (Å²) in [5.41, 5.74) is 2.33. The maximum atomic E-state index is 13.1. The van der Waals surface area contributed by atoms with Gasteiger partial charge in [-0.1, -0.05) is 41.4 Å². The van der Waals surface area contributed by atoms with Gasteiger partial charge in [0.15, 0.2) is 11.5 Å². The molecule has 1 aliphatic rings. The zero-order valence-corrected chi connectivity index (χ0v) is 23.5. The topological polar surface area (TPSA) is 91.8 Å². The van der Waals surface area contributed by atoms with Gasteiger partial charge in [-0.05, 0) is 55.6 Å². The zero-order valence-electron chi connectivity index (χ0n) is 22.0. The van der Waals surface area contributed by atoms with E-state index in [-0.39, 0.29) is 33.1 Å². The highest BCUT2D eigenvalue weighted by Crippen LogP contribution is 2.35. The van der Waals surface area contributed by atoms with Gasteiger partial charge in [-0.3, -0.25) is 4.79 Å². The minimum absolute atomic E-state index is 0.104. The Bertz CT molecular complexity index is 1470. The number of benzene rings is 3. The summed E-state index contributed by atoms with van der Waals surface area (Å²) in [5.74, 6) is 0.780. The number of piperazine rings is 1. The van der Waals surface area contributed by atoms with Crippen molar-refractivity contribution in [3.05, 3.63) is 88.5 Å². The van der Waals surface area contributed by atoms with E-state index in [0.717, 1.165) is 37.6 Å². The molecular formula is C29H28Cl2N6O3. The number of para-hydroxylation sites is 2. The van der Waals surface area contributed by atoms with Gasteiger partial charge in [0.1, 0.15) is 5.69 Å². The number of aromatic nitrogens is 2. The Morgan fingerprint density at radius 3 is 2.25 bits per heavy atom. The fourth-order valence-corrected chi connectivity index (χ4v) is 4.82. The first-order valence-electron chi connectivity index (χ1n) is 12.6. The van der Waals surface area contributed by atoms with Crippen molar-refractivity contribution in [2.45, 2.75) is 0 Å². The molecule has 2 N–H and O–H groups in total. The third kappa shape index (κ3) is 6.39. The van der Waals surface area contributed by atoms with Crippen LogP contribution in [0.5, 0.6) is 17.4 Å². The number of amides is 1. The van der Waals surface area contributed by atoms with Gasteiger partial charge in [-0.2, -0.15) is 4.98 Å². The molecule has 11 heteroatoms. The van der Waals surface area contributed by atoms with E-state index in [9.17, 15) is 4.79 Å². The van der Waals surface area contributed by atoms with E-state index in [1.54, 1.807) is 37.4 Å². The number of ether oxygens (including phenoxy) is 2. The number of nitrogens with zero attached hydrogens (tertiary/aromatic N) is 4. The standard InChI is InChI=1S/C29H28Cl2N6O3/c1-36-14-16-37(17-15-36)20-12-10-19(11-13-20)33-29-32-18-23(34-27(38)26-21(30)6-5-7-22(26)31)28(35-29)40-25-9-4-3-8-24(25)39-2/h3-13,18H,14-17H2,1-2H3,(H,34,38)(H,32,33,35). The summed E-state index contributed by atoms with van der Waals surface area (Å²) in [6, 6.07) is 20.1. The van der Waals surface area contributed by atoms with Crippen molar-refractivity contribution in [1.82, 2.24) is 14.9 Å². The highest BCUT2D eigenvalue weighted by Gasteiger charge is 2.20. The van der Waals surface area contributed by atoms with Gasteiger partial charge in [0.2, 0.25) is 11.8 Å². The largest absolute Gasteiger partial charge is 0.493 e. The molecule has 1 aromatic heterocycles. The Kier molecular flexibility index (Phi) is 8.54. The van der Waals surface area contributed by atoms with Gasteiger partial charge in [0.05, 0.1) is 28.9 Å². The molecule has 1 aliphatic heterocycles. The van der Waals surface area contributed by atoms with Crippen molar-refractivity contribution >= 4 is 52.1 Å². The molecule has 1 saturated heterocycles. The average Bonchev–Trinajstić information content (AvgIpc) is 2.95. The van der Waals surface area contributed by atoms with Crippen LogP contribution in [0.1, 0.15) is 10.4 Å². The van der Waals surface area contributed by atoms with Gasteiger partial charge in [0, 0.05) is 37.6 Å². The Morgan fingerprint density at radius 2 is 1.57 bits per heavy atom. The van der Waals surface area contributed by atoms with Crippen LogP contribution in [0.4, 0.5) is 23.0 Å². The van der Waals surface area contributed by atoms with E-state index in [0.29, 0.717) is 11.5 Å². The summed E-state index contributed by atoms with van der Waals surface area (Å²) >= 11 is 12.5. The summed E-state index contributed by atoms with van der Waals surface area (Å²) in [7, 11) is 3.68. The van der Waals surface area contributed by atoms with Crippen LogP contribution >= 0.6 is 23.2 Å². The third-order valence-corrected chi connectivity index (χ3v) is 7.09. The second-order valence-electron chi connectivity index (χ2n) is 9.18. The number of nitrogens with one attached hydrogen (secondary N) is 2. The third-order valence-electron chi connectivity index (χ3n) is 6.46. The molecule has 0 unspecified atom stereocenters. The summed E-state index contributed by atoms with van der Waals surface area (Å²) in [5, 5.41) is 6.42. The fourth-order valence-electron chi connectivity index (χ4n) is 4.25. The number of anilines is 4. The maximum Gasteiger partial charge on any atom is 0.258 e. The van der Waals surface area contributed by atoms with Crippen LogP contribution in [0.15, 0.2) is 72.9 Å². The summed E-state index contributed by atoms with van der Waals surface area (Å²) in [6.07, 6.45) is 1.46. The Labute approximate surface area is 242 Å².